The van der Waals surface area contributed by atoms with Crippen molar-refractivity contribution in [2.75, 3.05) is 26.4 Å². The van der Waals surface area contributed by atoms with E-state index in [4.69, 9.17) is 9.47 Å². The summed E-state index contributed by atoms with van der Waals surface area (Å²) in [6.45, 7) is 3.87. The SMILES string of the molecule is O[C@@]1(CN(Cc2cccnc2)Cc2ccc3c(c2)OCO3)CCNC1. The number of hydrogen-bond donors (Lipinski definition) is 2. The number of hydrogen-bond acceptors (Lipinski definition) is 6. The standard InChI is InChI=1S/C19H23N3O3/c23-19(5-7-21-12-19)13-22(11-16-2-1-6-20-9-16)10-15-3-4-17-18(8-15)25-14-24-17/h1-4,6,8-9,21,23H,5,7,10-14H2/t19-/m0/s1. The van der Waals surface area contributed by atoms with Crippen LogP contribution in [-0.2, 0) is 13.1 Å². The van der Waals surface area contributed by atoms with Crippen LogP contribution in [0.25, 0.3) is 0 Å². The molecule has 3 heterocycles. The summed E-state index contributed by atoms with van der Waals surface area (Å²) in [5.74, 6) is 1.58. The molecule has 6 heteroatoms. The van der Waals surface area contributed by atoms with Crippen LogP contribution in [0.5, 0.6) is 11.5 Å². The van der Waals surface area contributed by atoms with E-state index >= 15 is 0 Å². The Labute approximate surface area is 147 Å². The van der Waals surface area contributed by atoms with Crippen molar-refractivity contribution in [3.8, 4) is 11.5 Å². The smallest absolute Gasteiger partial charge is 0.231 e. The molecule has 1 aromatic carbocycles. The molecule has 1 aromatic heterocycles. The Kier molecular flexibility index (Phi) is 4.57. The summed E-state index contributed by atoms with van der Waals surface area (Å²) in [5.41, 5.74) is 1.60. The highest BCUT2D eigenvalue weighted by atomic mass is 16.7. The maximum Gasteiger partial charge on any atom is 0.231 e. The van der Waals surface area contributed by atoms with Crippen LogP contribution in [-0.4, -0.2) is 47.0 Å². The molecule has 0 aliphatic carbocycles. The van der Waals surface area contributed by atoms with Crippen LogP contribution in [0.1, 0.15) is 17.5 Å². The number of ether oxygens (including phenoxy) is 2. The van der Waals surface area contributed by atoms with Gasteiger partial charge in [0.25, 0.3) is 0 Å². The van der Waals surface area contributed by atoms with Gasteiger partial charge in [0.05, 0.1) is 5.60 Å². The second kappa shape index (κ2) is 7.00. The molecule has 0 bridgehead atoms. The van der Waals surface area contributed by atoms with E-state index in [-0.39, 0.29) is 6.79 Å². The molecule has 0 saturated carbocycles. The van der Waals surface area contributed by atoms with E-state index in [0.29, 0.717) is 13.1 Å². The first-order valence-electron chi connectivity index (χ1n) is 8.63. The lowest BCUT2D eigenvalue weighted by atomic mass is 10.0. The number of rotatable bonds is 6. The van der Waals surface area contributed by atoms with Crippen LogP contribution in [0.3, 0.4) is 0 Å². The zero-order valence-corrected chi connectivity index (χ0v) is 14.1. The van der Waals surface area contributed by atoms with Gasteiger partial charge in [-0.25, -0.2) is 0 Å². The highest BCUT2D eigenvalue weighted by molar-refractivity contribution is 5.44. The van der Waals surface area contributed by atoms with E-state index < -0.39 is 5.60 Å². The fourth-order valence-corrected chi connectivity index (χ4v) is 3.50. The second-order valence-electron chi connectivity index (χ2n) is 6.85. The highest BCUT2D eigenvalue weighted by Crippen LogP contribution is 2.33. The van der Waals surface area contributed by atoms with Crippen molar-refractivity contribution in [1.82, 2.24) is 15.2 Å². The first-order chi connectivity index (χ1) is 12.2. The number of benzene rings is 1. The van der Waals surface area contributed by atoms with Crippen LogP contribution < -0.4 is 14.8 Å². The summed E-state index contributed by atoms with van der Waals surface area (Å²) in [6.07, 6.45) is 4.43. The molecule has 4 rings (SSSR count). The van der Waals surface area contributed by atoms with Gasteiger partial charge in [-0.1, -0.05) is 12.1 Å². The Morgan fingerprint density at radius 2 is 2.04 bits per heavy atom. The zero-order chi connectivity index (χ0) is 17.1. The van der Waals surface area contributed by atoms with Crippen molar-refractivity contribution < 1.29 is 14.6 Å². The lowest BCUT2D eigenvalue weighted by Gasteiger charge is -2.31. The molecule has 2 aliphatic heterocycles. The Morgan fingerprint density at radius 1 is 1.16 bits per heavy atom. The third kappa shape index (κ3) is 3.92. The molecule has 0 spiro atoms. The van der Waals surface area contributed by atoms with Gasteiger partial charge < -0.3 is 19.9 Å². The zero-order valence-electron chi connectivity index (χ0n) is 14.1. The Balaban J connectivity index is 1.51. The Bertz CT molecular complexity index is 717. The number of pyridine rings is 1. The lowest BCUT2D eigenvalue weighted by molar-refractivity contribution is 0.0157. The van der Waals surface area contributed by atoms with Gasteiger partial charge in [-0.2, -0.15) is 0 Å². The highest BCUT2D eigenvalue weighted by Gasteiger charge is 2.33. The Hall–Kier alpha value is -2.15. The third-order valence-electron chi connectivity index (χ3n) is 4.71. The van der Waals surface area contributed by atoms with Gasteiger partial charge in [-0.15, -0.1) is 0 Å². The first-order valence-corrected chi connectivity index (χ1v) is 8.63. The maximum atomic E-state index is 10.8. The molecule has 0 unspecified atom stereocenters. The molecule has 2 aromatic rings. The summed E-state index contributed by atoms with van der Waals surface area (Å²) >= 11 is 0. The molecule has 0 radical (unpaired) electrons. The van der Waals surface area contributed by atoms with Crippen LogP contribution >= 0.6 is 0 Å². The number of aliphatic hydroxyl groups is 1. The van der Waals surface area contributed by atoms with Gasteiger partial charge in [-0.3, -0.25) is 9.88 Å². The number of fused-ring (bicyclic) bond motifs is 1. The molecule has 1 fully saturated rings. The molecule has 25 heavy (non-hydrogen) atoms. The van der Waals surface area contributed by atoms with Gasteiger partial charge in [0.2, 0.25) is 6.79 Å². The number of aromatic nitrogens is 1. The van der Waals surface area contributed by atoms with E-state index in [1.165, 1.54) is 0 Å². The fraction of sp³-hybridized carbons (Fsp3) is 0.421. The number of nitrogens with one attached hydrogen (secondary N) is 1. The van der Waals surface area contributed by atoms with Gasteiger partial charge in [-0.05, 0) is 42.3 Å². The number of nitrogens with zero attached hydrogens (tertiary/aromatic N) is 2. The monoisotopic (exact) mass is 341 g/mol. The Morgan fingerprint density at radius 3 is 2.84 bits per heavy atom. The summed E-state index contributed by atoms with van der Waals surface area (Å²) in [6, 6.07) is 10.0. The van der Waals surface area contributed by atoms with Crippen molar-refractivity contribution in [2.45, 2.75) is 25.1 Å². The van der Waals surface area contributed by atoms with E-state index in [1.807, 2.05) is 24.4 Å². The average Bonchev–Trinajstić information content (AvgIpc) is 3.24. The van der Waals surface area contributed by atoms with Gasteiger partial charge in [0.15, 0.2) is 11.5 Å². The molecular formula is C19H23N3O3. The van der Waals surface area contributed by atoms with Crippen LogP contribution in [0, 0.1) is 0 Å². The molecule has 0 amide bonds. The van der Waals surface area contributed by atoms with Crippen molar-refractivity contribution in [1.29, 1.82) is 0 Å². The minimum atomic E-state index is -0.682. The van der Waals surface area contributed by atoms with E-state index in [0.717, 1.165) is 48.7 Å². The molecular weight excluding hydrogens is 318 g/mol. The van der Waals surface area contributed by atoms with Gasteiger partial charge in [0.1, 0.15) is 0 Å². The first kappa shape index (κ1) is 16.3. The quantitative estimate of drug-likeness (QED) is 0.831. The van der Waals surface area contributed by atoms with Crippen LogP contribution in [0.2, 0.25) is 0 Å². The summed E-state index contributed by atoms with van der Waals surface area (Å²) in [7, 11) is 0. The molecule has 1 saturated heterocycles. The van der Waals surface area contributed by atoms with Crippen LogP contribution in [0.15, 0.2) is 42.7 Å². The normalized spacial score (nSPS) is 21.8. The van der Waals surface area contributed by atoms with Crippen molar-refractivity contribution in [3.63, 3.8) is 0 Å². The summed E-state index contributed by atoms with van der Waals surface area (Å²) in [4.78, 5) is 6.47. The largest absolute Gasteiger partial charge is 0.454 e. The minimum Gasteiger partial charge on any atom is -0.454 e. The van der Waals surface area contributed by atoms with E-state index in [2.05, 4.69) is 27.3 Å². The summed E-state index contributed by atoms with van der Waals surface area (Å²) in [5, 5.41) is 14.1. The number of β-amino-alcohol motifs (C(OH)–C–C–N with tert-alkyl or cyclic N) is 1. The summed E-state index contributed by atoms with van der Waals surface area (Å²) < 4.78 is 10.9. The molecule has 6 nitrogen and oxygen atoms in total. The van der Waals surface area contributed by atoms with Crippen LogP contribution in [0.4, 0.5) is 0 Å². The molecule has 132 valence electrons. The van der Waals surface area contributed by atoms with E-state index in [9.17, 15) is 5.11 Å². The predicted molar refractivity (Wildman–Crippen MR) is 93.4 cm³/mol. The second-order valence-corrected chi connectivity index (χ2v) is 6.85. The molecule has 2 aliphatic rings. The molecule has 1 atom stereocenters. The topological polar surface area (TPSA) is 66.9 Å². The lowest BCUT2D eigenvalue weighted by Crippen LogP contribution is -2.44. The fourth-order valence-electron chi connectivity index (χ4n) is 3.50. The molecule has 2 N–H and O–H groups in total. The maximum absolute atomic E-state index is 10.8. The predicted octanol–water partition coefficient (Wildman–Crippen LogP) is 1.54. The van der Waals surface area contributed by atoms with Gasteiger partial charge in [0, 0.05) is 38.6 Å². The van der Waals surface area contributed by atoms with Crippen molar-refractivity contribution in [3.05, 3.63) is 53.9 Å². The van der Waals surface area contributed by atoms with Gasteiger partial charge >= 0.3 is 0 Å². The van der Waals surface area contributed by atoms with Crippen molar-refractivity contribution in [2.24, 2.45) is 0 Å². The van der Waals surface area contributed by atoms with Crippen molar-refractivity contribution >= 4 is 0 Å². The average molecular weight is 341 g/mol. The minimum absolute atomic E-state index is 0.281. The van der Waals surface area contributed by atoms with E-state index in [1.54, 1.807) is 6.20 Å². The third-order valence-corrected chi connectivity index (χ3v) is 4.71.